The zero-order valence-electron chi connectivity index (χ0n) is 23.2. The van der Waals surface area contributed by atoms with E-state index in [9.17, 15) is 14.7 Å². The smallest absolute Gasteiger partial charge is 0.328 e. The highest BCUT2D eigenvalue weighted by atomic mass is 16.3. The maximum absolute atomic E-state index is 13.1. The molecule has 0 saturated carbocycles. The molecule has 0 radical (unpaired) electrons. The molecule has 1 fully saturated rings. The Hall–Kier alpha value is -4.43. The van der Waals surface area contributed by atoms with Crippen molar-refractivity contribution in [3.05, 3.63) is 95.1 Å². The minimum atomic E-state index is -0.433. The van der Waals surface area contributed by atoms with Crippen LogP contribution in [0.1, 0.15) is 40.9 Å². The number of nitrogens with zero attached hydrogens (tertiary/aromatic N) is 4. The Kier molecular flexibility index (Phi) is 7.98. The van der Waals surface area contributed by atoms with Gasteiger partial charge in [0.25, 0.3) is 5.91 Å². The van der Waals surface area contributed by atoms with E-state index in [0.717, 1.165) is 55.7 Å². The summed E-state index contributed by atoms with van der Waals surface area (Å²) >= 11 is 0. The van der Waals surface area contributed by atoms with Gasteiger partial charge < -0.3 is 20.2 Å². The van der Waals surface area contributed by atoms with Crippen LogP contribution in [0.2, 0.25) is 0 Å². The number of carbonyl (C=O) groups excluding carboxylic acids is 2. The number of rotatable bonds is 6. The molecular formula is C32H35N5O3. The predicted molar refractivity (Wildman–Crippen MR) is 159 cm³/mol. The number of likely N-dealkylation sites (N-methyl/N-ethyl adjacent to an activating group) is 1. The van der Waals surface area contributed by atoms with Crippen LogP contribution in [0.5, 0.6) is 5.88 Å². The Labute approximate surface area is 234 Å². The molecule has 5 rings (SSSR count). The molecule has 3 aromatic carbocycles. The Balaban J connectivity index is 1.57. The van der Waals surface area contributed by atoms with Crippen molar-refractivity contribution in [2.24, 2.45) is 4.99 Å². The third-order valence-electron chi connectivity index (χ3n) is 7.58. The van der Waals surface area contributed by atoms with E-state index < -0.39 is 6.03 Å². The standard InChI is InChI=1S/C32H35N5O3/c1-4-22-11-16-26-27(21-22)37(32(40)33-3)31(39)28(26)29(23-9-7-6-8-10-23)34-25-14-12-24(13-15-25)30(38)36-19-17-35(5-2)18-20-36/h6-16,21,39H,4-5,17-20H2,1-3H3,(H,33,40). The molecular weight excluding hydrogens is 502 g/mol. The van der Waals surface area contributed by atoms with Gasteiger partial charge in [0.2, 0.25) is 5.88 Å². The van der Waals surface area contributed by atoms with Crippen LogP contribution >= 0.6 is 0 Å². The highest BCUT2D eigenvalue weighted by molar-refractivity contribution is 6.23. The van der Waals surface area contributed by atoms with Crippen molar-refractivity contribution in [2.45, 2.75) is 20.3 Å². The maximum atomic E-state index is 13.1. The van der Waals surface area contributed by atoms with E-state index in [2.05, 4.69) is 17.1 Å². The van der Waals surface area contributed by atoms with Gasteiger partial charge in [-0.3, -0.25) is 4.79 Å². The molecule has 2 amide bonds. The molecule has 4 aromatic rings. The Bertz CT molecular complexity index is 1550. The van der Waals surface area contributed by atoms with Gasteiger partial charge in [0, 0.05) is 49.7 Å². The predicted octanol–water partition coefficient (Wildman–Crippen LogP) is 5.04. The van der Waals surface area contributed by atoms with Gasteiger partial charge in [0.15, 0.2) is 0 Å². The lowest BCUT2D eigenvalue weighted by Crippen LogP contribution is -2.48. The molecule has 0 bridgehead atoms. The summed E-state index contributed by atoms with van der Waals surface area (Å²) < 4.78 is 1.29. The largest absolute Gasteiger partial charge is 0.494 e. The third-order valence-corrected chi connectivity index (χ3v) is 7.58. The van der Waals surface area contributed by atoms with Gasteiger partial charge in [0.05, 0.1) is 22.5 Å². The zero-order valence-corrected chi connectivity index (χ0v) is 23.2. The van der Waals surface area contributed by atoms with Crippen LogP contribution in [0.15, 0.2) is 77.8 Å². The second-order valence-electron chi connectivity index (χ2n) is 9.89. The molecule has 1 aliphatic rings. The van der Waals surface area contributed by atoms with E-state index in [0.29, 0.717) is 28.0 Å². The molecule has 1 saturated heterocycles. The van der Waals surface area contributed by atoms with Crippen LogP contribution < -0.4 is 5.32 Å². The first kappa shape index (κ1) is 27.1. The molecule has 206 valence electrons. The molecule has 0 atom stereocenters. The van der Waals surface area contributed by atoms with Crippen LogP contribution in [0.4, 0.5) is 10.5 Å². The highest BCUT2D eigenvalue weighted by Crippen LogP contribution is 2.35. The Morgan fingerprint density at radius 3 is 2.23 bits per heavy atom. The van der Waals surface area contributed by atoms with E-state index in [1.165, 1.54) is 11.6 Å². The average Bonchev–Trinajstić information content (AvgIpc) is 3.30. The number of hydrogen-bond acceptors (Lipinski definition) is 5. The second-order valence-corrected chi connectivity index (χ2v) is 9.89. The lowest BCUT2D eigenvalue weighted by Gasteiger charge is -2.34. The fourth-order valence-corrected chi connectivity index (χ4v) is 5.21. The zero-order chi connectivity index (χ0) is 28.2. The number of aryl methyl sites for hydroxylation is 1. The van der Waals surface area contributed by atoms with Crippen LogP contribution in [0.3, 0.4) is 0 Å². The van der Waals surface area contributed by atoms with Crippen molar-refractivity contribution in [1.29, 1.82) is 0 Å². The average molecular weight is 538 g/mol. The van der Waals surface area contributed by atoms with E-state index in [-0.39, 0.29) is 11.8 Å². The van der Waals surface area contributed by atoms with E-state index >= 15 is 0 Å². The third kappa shape index (κ3) is 5.22. The van der Waals surface area contributed by atoms with Gasteiger partial charge in [-0.2, -0.15) is 0 Å². The summed E-state index contributed by atoms with van der Waals surface area (Å²) in [5.74, 6) is -0.157. The van der Waals surface area contributed by atoms with Gasteiger partial charge in [-0.05, 0) is 48.9 Å². The highest BCUT2D eigenvalue weighted by Gasteiger charge is 2.26. The fourth-order valence-electron chi connectivity index (χ4n) is 5.21. The van der Waals surface area contributed by atoms with Crippen LogP contribution in [0, 0.1) is 0 Å². The topological polar surface area (TPSA) is 90.2 Å². The van der Waals surface area contributed by atoms with E-state index in [1.54, 1.807) is 12.1 Å². The van der Waals surface area contributed by atoms with Crippen molar-refractivity contribution in [1.82, 2.24) is 19.7 Å². The summed E-state index contributed by atoms with van der Waals surface area (Å²) in [6, 6.07) is 22.3. The summed E-state index contributed by atoms with van der Waals surface area (Å²) in [7, 11) is 1.54. The summed E-state index contributed by atoms with van der Waals surface area (Å²) in [5.41, 5.74) is 4.72. The first-order chi connectivity index (χ1) is 19.4. The van der Waals surface area contributed by atoms with Crippen molar-refractivity contribution in [3.8, 4) is 5.88 Å². The summed E-state index contributed by atoms with van der Waals surface area (Å²) in [6.07, 6.45) is 0.796. The Morgan fingerprint density at radius 1 is 0.900 bits per heavy atom. The quantitative estimate of drug-likeness (QED) is 0.337. The van der Waals surface area contributed by atoms with Gasteiger partial charge in [0.1, 0.15) is 0 Å². The normalized spacial score (nSPS) is 14.5. The number of fused-ring (bicyclic) bond motifs is 1. The molecule has 40 heavy (non-hydrogen) atoms. The number of aromatic hydroxyl groups is 1. The maximum Gasteiger partial charge on any atom is 0.328 e. The number of aliphatic imine (C=N–C) groups is 1. The van der Waals surface area contributed by atoms with Gasteiger partial charge in [-0.15, -0.1) is 0 Å². The number of carbonyl (C=O) groups is 2. The van der Waals surface area contributed by atoms with E-state index in [4.69, 9.17) is 4.99 Å². The van der Waals surface area contributed by atoms with Gasteiger partial charge in [-0.1, -0.05) is 56.3 Å². The van der Waals surface area contributed by atoms with Crippen LogP contribution in [-0.2, 0) is 6.42 Å². The number of hydrogen-bond donors (Lipinski definition) is 2. The lowest BCUT2D eigenvalue weighted by atomic mass is 9.99. The summed E-state index contributed by atoms with van der Waals surface area (Å²) in [6.45, 7) is 8.40. The molecule has 1 aliphatic heterocycles. The minimum absolute atomic E-state index is 0.0209. The SMILES string of the molecule is CCc1ccc2c(C(=Nc3ccc(C(=O)N4CCN(CC)CC4)cc3)c3ccccc3)c(O)n(C(=O)NC)c2c1. The molecule has 2 heterocycles. The lowest BCUT2D eigenvalue weighted by molar-refractivity contribution is 0.0643. The summed E-state index contributed by atoms with van der Waals surface area (Å²) in [4.78, 5) is 35.2. The summed E-state index contributed by atoms with van der Waals surface area (Å²) in [5, 5.41) is 14.8. The molecule has 8 heteroatoms. The number of benzene rings is 3. The van der Waals surface area contributed by atoms with Gasteiger partial charge >= 0.3 is 6.03 Å². The van der Waals surface area contributed by atoms with E-state index in [1.807, 2.05) is 72.5 Å². The van der Waals surface area contributed by atoms with Crippen molar-refractivity contribution >= 4 is 34.2 Å². The minimum Gasteiger partial charge on any atom is -0.494 e. The molecule has 0 spiro atoms. The van der Waals surface area contributed by atoms with Crippen LogP contribution in [-0.4, -0.2) is 76.9 Å². The number of nitrogens with one attached hydrogen (secondary N) is 1. The second kappa shape index (κ2) is 11.8. The van der Waals surface area contributed by atoms with Crippen LogP contribution in [0.25, 0.3) is 10.9 Å². The van der Waals surface area contributed by atoms with Crippen molar-refractivity contribution < 1.29 is 14.7 Å². The molecule has 8 nitrogen and oxygen atoms in total. The van der Waals surface area contributed by atoms with Crippen molar-refractivity contribution in [2.75, 3.05) is 39.8 Å². The molecule has 0 unspecified atom stereocenters. The molecule has 1 aromatic heterocycles. The first-order valence-electron chi connectivity index (χ1n) is 13.8. The molecule has 2 N–H and O–H groups in total. The number of amides is 2. The first-order valence-corrected chi connectivity index (χ1v) is 13.8. The number of aromatic nitrogens is 1. The number of piperazine rings is 1. The monoisotopic (exact) mass is 537 g/mol. The molecule has 0 aliphatic carbocycles. The Morgan fingerprint density at radius 2 is 1.60 bits per heavy atom. The fraction of sp³-hybridized carbons (Fsp3) is 0.281. The van der Waals surface area contributed by atoms with Crippen molar-refractivity contribution in [3.63, 3.8) is 0 Å². The van der Waals surface area contributed by atoms with Gasteiger partial charge in [-0.25, -0.2) is 14.4 Å².